The van der Waals surface area contributed by atoms with Crippen molar-refractivity contribution < 1.29 is 0 Å². The third-order valence-corrected chi connectivity index (χ3v) is 4.30. The van der Waals surface area contributed by atoms with Gasteiger partial charge < -0.3 is 0 Å². The van der Waals surface area contributed by atoms with Crippen LogP contribution in [0, 0.1) is 6.92 Å². The number of hydrogen-bond donors (Lipinski definition) is 0. The van der Waals surface area contributed by atoms with E-state index in [0.717, 1.165) is 21.5 Å². The van der Waals surface area contributed by atoms with Crippen LogP contribution in [0.4, 0.5) is 0 Å². The Hall–Kier alpha value is -2.08. The number of aromatic nitrogens is 4. The minimum absolute atomic E-state index is 0.00426. The first-order valence-corrected chi connectivity index (χ1v) is 7.24. The molecule has 0 aliphatic heterocycles. The van der Waals surface area contributed by atoms with Crippen LogP contribution in [0.1, 0.15) is 24.2 Å². The van der Waals surface area contributed by atoms with E-state index in [1.165, 1.54) is 11.3 Å². The van der Waals surface area contributed by atoms with Gasteiger partial charge in [-0.25, -0.2) is 4.98 Å². The molecule has 0 aliphatic rings. The number of nitrogens with zero attached hydrogens (tertiary/aromatic N) is 4. The smallest absolute Gasteiger partial charge is 0.262 e. The standard InChI is InChI=1S/C14H14N4OS/c1-9-7-20-13-12(9)14(19)18(8-17-13)10(2)5-11-6-15-3-4-16-11/h3-4,6-8,10H,5H2,1-2H3. The average molecular weight is 286 g/mol. The molecule has 6 heteroatoms. The quantitative estimate of drug-likeness (QED) is 0.741. The first-order valence-electron chi connectivity index (χ1n) is 6.36. The molecule has 0 saturated heterocycles. The topological polar surface area (TPSA) is 60.7 Å². The fraction of sp³-hybridized carbons (Fsp3) is 0.286. The van der Waals surface area contributed by atoms with E-state index in [1.807, 2.05) is 19.2 Å². The van der Waals surface area contributed by atoms with Gasteiger partial charge in [0.15, 0.2) is 0 Å². The highest BCUT2D eigenvalue weighted by molar-refractivity contribution is 7.16. The van der Waals surface area contributed by atoms with Gasteiger partial charge in [-0.3, -0.25) is 19.3 Å². The Labute approximate surface area is 120 Å². The Morgan fingerprint density at radius 2 is 2.20 bits per heavy atom. The molecular weight excluding hydrogens is 272 g/mol. The number of hydrogen-bond acceptors (Lipinski definition) is 5. The van der Waals surface area contributed by atoms with Crippen LogP contribution in [0.3, 0.4) is 0 Å². The van der Waals surface area contributed by atoms with E-state index in [2.05, 4.69) is 15.0 Å². The number of rotatable bonds is 3. The van der Waals surface area contributed by atoms with Crippen molar-refractivity contribution in [3.8, 4) is 0 Å². The molecule has 1 unspecified atom stereocenters. The van der Waals surface area contributed by atoms with Crippen LogP contribution in [-0.2, 0) is 6.42 Å². The lowest BCUT2D eigenvalue weighted by atomic mass is 10.2. The second-order valence-electron chi connectivity index (χ2n) is 4.81. The Morgan fingerprint density at radius 3 is 2.95 bits per heavy atom. The summed E-state index contributed by atoms with van der Waals surface area (Å²) in [5, 5.41) is 2.69. The monoisotopic (exact) mass is 286 g/mol. The van der Waals surface area contributed by atoms with Crippen LogP contribution in [0.5, 0.6) is 0 Å². The zero-order valence-corrected chi connectivity index (χ0v) is 12.1. The summed E-state index contributed by atoms with van der Waals surface area (Å²) in [6, 6.07) is -0.00426. The van der Waals surface area contributed by atoms with Gasteiger partial charge in [-0.15, -0.1) is 11.3 Å². The molecule has 0 radical (unpaired) electrons. The highest BCUT2D eigenvalue weighted by Gasteiger charge is 2.13. The number of aryl methyl sites for hydroxylation is 1. The second-order valence-corrected chi connectivity index (χ2v) is 5.66. The van der Waals surface area contributed by atoms with E-state index < -0.39 is 0 Å². The Kier molecular flexibility index (Phi) is 3.31. The Bertz CT molecular complexity index is 794. The fourth-order valence-electron chi connectivity index (χ4n) is 2.23. The molecule has 0 saturated carbocycles. The molecular formula is C14H14N4OS. The van der Waals surface area contributed by atoms with Crippen molar-refractivity contribution in [1.82, 2.24) is 19.5 Å². The van der Waals surface area contributed by atoms with Crippen LogP contribution in [0.2, 0.25) is 0 Å². The fourth-order valence-corrected chi connectivity index (χ4v) is 3.11. The summed E-state index contributed by atoms with van der Waals surface area (Å²) >= 11 is 1.51. The van der Waals surface area contributed by atoms with Crippen molar-refractivity contribution in [2.75, 3.05) is 0 Å². The molecule has 0 aromatic carbocycles. The molecule has 0 bridgehead atoms. The zero-order chi connectivity index (χ0) is 14.1. The predicted octanol–water partition coefficient (Wildman–Crippen LogP) is 2.36. The van der Waals surface area contributed by atoms with Crippen LogP contribution in [0.25, 0.3) is 10.2 Å². The SMILES string of the molecule is Cc1csc2ncn(C(C)Cc3cnccn3)c(=O)c12. The van der Waals surface area contributed by atoms with Crippen LogP contribution in [-0.4, -0.2) is 19.5 Å². The highest BCUT2D eigenvalue weighted by Crippen LogP contribution is 2.20. The molecule has 0 aliphatic carbocycles. The van der Waals surface area contributed by atoms with Gasteiger partial charge in [0, 0.05) is 31.1 Å². The van der Waals surface area contributed by atoms with Gasteiger partial charge in [0.25, 0.3) is 5.56 Å². The Balaban J connectivity index is 1.99. The van der Waals surface area contributed by atoms with E-state index in [4.69, 9.17) is 0 Å². The van der Waals surface area contributed by atoms with Gasteiger partial charge in [0.1, 0.15) is 4.83 Å². The minimum atomic E-state index is -0.00426. The highest BCUT2D eigenvalue weighted by atomic mass is 32.1. The maximum Gasteiger partial charge on any atom is 0.262 e. The average Bonchev–Trinajstić information content (AvgIpc) is 2.82. The third kappa shape index (κ3) is 2.22. The molecule has 3 heterocycles. The first-order chi connectivity index (χ1) is 9.66. The van der Waals surface area contributed by atoms with Crippen molar-refractivity contribution in [3.05, 3.63) is 51.9 Å². The van der Waals surface area contributed by atoms with E-state index >= 15 is 0 Å². The molecule has 5 nitrogen and oxygen atoms in total. The summed E-state index contributed by atoms with van der Waals surface area (Å²) in [7, 11) is 0. The summed E-state index contributed by atoms with van der Waals surface area (Å²) in [6.45, 7) is 3.94. The molecule has 0 amide bonds. The van der Waals surface area contributed by atoms with Crippen LogP contribution < -0.4 is 5.56 Å². The molecule has 0 fully saturated rings. The lowest BCUT2D eigenvalue weighted by molar-refractivity contribution is 0.517. The molecule has 0 spiro atoms. The van der Waals surface area contributed by atoms with Gasteiger partial charge in [-0.2, -0.15) is 0 Å². The molecule has 1 atom stereocenters. The van der Waals surface area contributed by atoms with Gasteiger partial charge in [0.05, 0.1) is 17.4 Å². The number of fused-ring (bicyclic) bond motifs is 1. The van der Waals surface area contributed by atoms with E-state index in [9.17, 15) is 4.79 Å². The molecule has 0 N–H and O–H groups in total. The van der Waals surface area contributed by atoms with Crippen LogP contribution in [0.15, 0.2) is 35.1 Å². The predicted molar refractivity (Wildman–Crippen MR) is 79.1 cm³/mol. The van der Waals surface area contributed by atoms with Crippen molar-refractivity contribution in [2.24, 2.45) is 0 Å². The molecule has 20 heavy (non-hydrogen) atoms. The largest absolute Gasteiger partial charge is 0.295 e. The van der Waals surface area contributed by atoms with E-state index in [0.29, 0.717) is 6.42 Å². The summed E-state index contributed by atoms with van der Waals surface area (Å²) in [4.78, 5) is 26.0. The summed E-state index contributed by atoms with van der Waals surface area (Å²) in [5.41, 5.74) is 1.88. The first kappa shape index (κ1) is 12.9. The van der Waals surface area contributed by atoms with Gasteiger partial charge in [0.2, 0.25) is 0 Å². The van der Waals surface area contributed by atoms with E-state index in [-0.39, 0.29) is 11.6 Å². The van der Waals surface area contributed by atoms with Crippen LogP contribution >= 0.6 is 11.3 Å². The third-order valence-electron chi connectivity index (χ3n) is 3.30. The zero-order valence-electron chi connectivity index (χ0n) is 11.3. The summed E-state index contributed by atoms with van der Waals surface area (Å²) in [6.07, 6.45) is 7.31. The van der Waals surface area contributed by atoms with E-state index in [1.54, 1.807) is 29.5 Å². The lowest BCUT2D eigenvalue weighted by Gasteiger charge is -2.14. The minimum Gasteiger partial charge on any atom is -0.295 e. The van der Waals surface area contributed by atoms with Crippen molar-refractivity contribution in [3.63, 3.8) is 0 Å². The number of thiophene rings is 1. The lowest BCUT2D eigenvalue weighted by Crippen LogP contribution is -2.25. The van der Waals surface area contributed by atoms with Crippen molar-refractivity contribution in [2.45, 2.75) is 26.3 Å². The van der Waals surface area contributed by atoms with Gasteiger partial charge >= 0.3 is 0 Å². The maximum absolute atomic E-state index is 12.5. The van der Waals surface area contributed by atoms with Gasteiger partial charge in [-0.1, -0.05) is 0 Å². The van der Waals surface area contributed by atoms with Gasteiger partial charge in [-0.05, 0) is 24.8 Å². The molecule has 3 rings (SSSR count). The maximum atomic E-state index is 12.5. The summed E-state index contributed by atoms with van der Waals surface area (Å²) < 4.78 is 1.68. The molecule has 3 aromatic heterocycles. The normalized spacial score (nSPS) is 12.7. The van der Waals surface area contributed by atoms with Crippen molar-refractivity contribution in [1.29, 1.82) is 0 Å². The van der Waals surface area contributed by atoms with Crippen molar-refractivity contribution >= 4 is 21.6 Å². The second kappa shape index (κ2) is 5.13. The summed E-state index contributed by atoms with van der Waals surface area (Å²) in [5.74, 6) is 0. The molecule has 3 aromatic rings. The Morgan fingerprint density at radius 1 is 1.35 bits per heavy atom. The molecule has 102 valence electrons.